The first-order chi connectivity index (χ1) is 8.77. The molecule has 0 aromatic carbocycles. The first-order valence-electron chi connectivity index (χ1n) is 6.91. The van der Waals surface area contributed by atoms with Crippen LogP contribution in [0.15, 0.2) is 0 Å². The predicted molar refractivity (Wildman–Crippen MR) is 78.1 cm³/mol. The van der Waals surface area contributed by atoms with E-state index in [0.29, 0.717) is 6.54 Å². The van der Waals surface area contributed by atoms with Gasteiger partial charge in [-0.15, -0.1) is 0 Å². The van der Waals surface area contributed by atoms with Gasteiger partial charge in [0.25, 0.3) is 0 Å². The van der Waals surface area contributed by atoms with E-state index in [1.165, 1.54) is 6.42 Å². The van der Waals surface area contributed by atoms with Crippen molar-refractivity contribution >= 4 is 23.6 Å². The van der Waals surface area contributed by atoms with Gasteiger partial charge in [0.15, 0.2) is 0 Å². The molecule has 2 rings (SSSR count). The summed E-state index contributed by atoms with van der Waals surface area (Å²) in [6.07, 6.45) is 5.65. The summed E-state index contributed by atoms with van der Waals surface area (Å²) in [5.74, 6) is 0.0440. The largest absolute Gasteiger partial charge is 0.342 e. The van der Waals surface area contributed by atoms with Crippen molar-refractivity contribution in [3.05, 3.63) is 0 Å². The van der Waals surface area contributed by atoms with Gasteiger partial charge in [0, 0.05) is 11.3 Å². The Morgan fingerprint density at radius 2 is 2.00 bits per heavy atom. The van der Waals surface area contributed by atoms with Crippen LogP contribution in [-0.2, 0) is 9.59 Å². The molecule has 0 bridgehead atoms. The highest BCUT2D eigenvalue weighted by atomic mass is 32.2. The van der Waals surface area contributed by atoms with Crippen LogP contribution in [0.4, 0.5) is 0 Å². The molecule has 1 unspecified atom stereocenters. The number of hydrogen-bond donors (Lipinski definition) is 1. The monoisotopic (exact) mass is 284 g/mol. The van der Waals surface area contributed by atoms with Crippen LogP contribution in [0.5, 0.6) is 0 Å². The number of rotatable bonds is 3. The van der Waals surface area contributed by atoms with Crippen molar-refractivity contribution in [3.8, 4) is 0 Å². The third-order valence-electron chi connectivity index (χ3n) is 4.24. The molecule has 19 heavy (non-hydrogen) atoms. The standard InChI is InChI=1S/C14H24N2O2S/c1-13(2,3)11-12(18)16(8-10(17)15-11)9-14(19-4)6-5-7-14/h11H,5-9H2,1-4H3,(H,15,17). The quantitative estimate of drug-likeness (QED) is 0.857. The van der Waals surface area contributed by atoms with E-state index < -0.39 is 6.04 Å². The van der Waals surface area contributed by atoms with Crippen molar-refractivity contribution in [1.82, 2.24) is 10.2 Å². The Kier molecular flexibility index (Phi) is 3.87. The van der Waals surface area contributed by atoms with Gasteiger partial charge in [-0.2, -0.15) is 11.8 Å². The van der Waals surface area contributed by atoms with Crippen LogP contribution < -0.4 is 5.32 Å². The SMILES string of the molecule is CSC1(CN2CC(=O)NC(C(C)(C)C)C2=O)CCC1. The molecule has 1 N–H and O–H groups in total. The summed E-state index contributed by atoms with van der Waals surface area (Å²) in [4.78, 5) is 26.2. The third kappa shape index (κ3) is 2.91. The maximum Gasteiger partial charge on any atom is 0.246 e. The lowest BCUT2D eigenvalue weighted by atomic mass is 9.81. The second-order valence-electron chi connectivity index (χ2n) is 6.80. The maximum atomic E-state index is 12.6. The zero-order valence-corrected chi connectivity index (χ0v) is 13.1. The third-order valence-corrected chi connectivity index (χ3v) is 5.64. The Morgan fingerprint density at radius 3 is 2.42 bits per heavy atom. The molecule has 0 aromatic heterocycles. The van der Waals surface area contributed by atoms with E-state index >= 15 is 0 Å². The van der Waals surface area contributed by atoms with E-state index in [-0.39, 0.29) is 28.5 Å². The lowest BCUT2D eigenvalue weighted by molar-refractivity contribution is -0.148. The van der Waals surface area contributed by atoms with Crippen molar-refractivity contribution < 1.29 is 9.59 Å². The fraction of sp³-hybridized carbons (Fsp3) is 0.857. The summed E-state index contributed by atoms with van der Waals surface area (Å²) >= 11 is 1.84. The van der Waals surface area contributed by atoms with E-state index in [1.807, 2.05) is 32.5 Å². The zero-order valence-electron chi connectivity index (χ0n) is 12.3. The van der Waals surface area contributed by atoms with E-state index in [9.17, 15) is 9.59 Å². The van der Waals surface area contributed by atoms with Crippen molar-refractivity contribution in [3.63, 3.8) is 0 Å². The first kappa shape index (κ1) is 14.7. The molecule has 1 atom stereocenters. The van der Waals surface area contributed by atoms with Gasteiger partial charge in [0.05, 0.1) is 6.54 Å². The van der Waals surface area contributed by atoms with Crippen LogP contribution in [0.25, 0.3) is 0 Å². The highest BCUT2D eigenvalue weighted by Gasteiger charge is 2.44. The van der Waals surface area contributed by atoms with Crippen LogP contribution in [-0.4, -0.2) is 46.8 Å². The summed E-state index contributed by atoms with van der Waals surface area (Å²) in [6.45, 7) is 6.91. The van der Waals surface area contributed by atoms with Crippen molar-refractivity contribution in [2.45, 2.75) is 50.8 Å². The summed E-state index contributed by atoms with van der Waals surface area (Å²) in [7, 11) is 0. The number of carbonyl (C=O) groups is 2. The molecule has 2 fully saturated rings. The summed E-state index contributed by atoms with van der Waals surface area (Å²) in [5.41, 5.74) is -0.239. The van der Waals surface area contributed by atoms with Gasteiger partial charge in [-0.3, -0.25) is 9.59 Å². The lowest BCUT2D eigenvalue weighted by Gasteiger charge is -2.46. The van der Waals surface area contributed by atoms with E-state index in [2.05, 4.69) is 11.6 Å². The summed E-state index contributed by atoms with van der Waals surface area (Å²) in [6, 6.07) is -0.396. The van der Waals surface area contributed by atoms with Crippen LogP contribution >= 0.6 is 11.8 Å². The Morgan fingerprint density at radius 1 is 1.37 bits per heavy atom. The van der Waals surface area contributed by atoms with Crippen LogP contribution in [0.2, 0.25) is 0 Å². The maximum absolute atomic E-state index is 12.6. The fourth-order valence-corrected chi connectivity index (χ4v) is 3.75. The van der Waals surface area contributed by atoms with Crippen LogP contribution in [0.3, 0.4) is 0 Å². The summed E-state index contributed by atoms with van der Waals surface area (Å²) < 4.78 is 0.190. The van der Waals surface area contributed by atoms with Gasteiger partial charge >= 0.3 is 0 Å². The van der Waals surface area contributed by atoms with Crippen molar-refractivity contribution in [2.24, 2.45) is 5.41 Å². The van der Waals surface area contributed by atoms with Gasteiger partial charge in [0.2, 0.25) is 11.8 Å². The number of nitrogens with zero attached hydrogens (tertiary/aromatic N) is 1. The smallest absolute Gasteiger partial charge is 0.246 e. The normalized spacial score (nSPS) is 26.9. The number of carbonyl (C=O) groups excluding carboxylic acids is 2. The number of piperazine rings is 1. The highest BCUT2D eigenvalue weighted by Crippen LogP contribution is 2.43. The van der Waals surface area contributed by atoms with Gasteiger partial charge in [-0.05, 0) is 24.5 Å². The van der Waals surface area contributed by atoms with Crippen LogP contribution in [0, 0.1) is 5.41 Å². The molecule has 0 radical (unpaired) electrons. The average molecular weight is 284 g/mol. The second kappa shape index (κ2) is 5.00. The Hall–Kier alpha value is -0.710. The minimum atomic E-state index is -0.396. The molecule has 1 heterocycles. The van der Waals surface area contributed by atoms with Gasteiger partial charge in [-0.1, -0.05) is 27.2 Å². The topological polar surface area (TPSA) is 49.4 Å². The molecule has 0 spiro atoms. The van der Waals surface area contributed by atoms with Gasteiger partial charge < -0.3 is 10.2 Å². The molecule has 1 aliphatic heterocycles. The minimum Gasteiger partial charge on any atom is -0.342 e. The molecule has 4 nitrogen and oxygen atoms in total. The molecule has 1 saturated heterocycles. The number of amides is 2. The van der Waals surface area contributed by atoms with E-state index in [4.69, 9.17) is 0 Å². The zero-order chi connectivity index (χ0) is 14.3. The molecule has 5 heteroatoms. The molecule has 2 amide bonds. The average Bonchev–Trinajstić information content (AvgIpc) is 2.26. The Labute approximate surface area is 119 Å². The number of hydrogen-bond acceptors (Lipinski definition) is 3. The summed E-state index contributed by atoms with van der Waals surface area (Å²) in [5, 5.41) is 2.84. The highest BCUT2D eigenvalue weighted by molar-refractivity contribution is 8.00. The fourth-order valence-electron chi connectivity index (χ4n) is 2.77. The van der Waals surface area contributed by atoms with Crippen molar-refractivity contribution in [1.29, 1.82) is 0 Å². The molecule has 108 valence electrons. The molecular formula is C14H24N2O2S. The van der Waals surface area contributed by atoms with Crippen molar-refractivity contribution in [2.75, 3.05) is 19.3 Å². The Balaban J connectivity index is 2.11. The molecular weight excluding hydrogens is 260 g/mol. The van der Waals surface area contributed by atoms with Gasteiger partial charge in [-0.25, -0.2) is 0 Å². The predicted octanol–water partition coefficient (Wildman–Crippen LogP) is 1.65. The van der Waals surface area contributed by atoms with Gasteiger partial charge in [0.1, 0.15) is 6.04 Å². The Bertz CT molecular complexity index is 380. The molecule has 2 aliphatic rings. The molecule has 1 saturated carbocycles. The van der Waals surface area contributed by atoms with Crippen LogP contribution in [0.1, 0.15) is 40.0 Å². The minimum absolute atomic E-state index is 0.0323. The van der Waals surface area contributed by atoms with E-state index in [1.54, 1.807) is 4.90 Å². The molecule has 1 aliphatic carbocycles. The number of thioether (sulfide) groups is 1. The second-order valence-corrected chi connectivity index (χ2v) is 8.08. The molecule has 0 aromatic rings. The first-order valence-corrected chi connectivity index (χ1v) is 8.13. The van der Waals surface area contributed by atoms with E-state index in [0.717, 1.165) is 12.8 Å². The number of nitrogens with one attached hydrogen (secondary N) is 1. The lowest BCUT2D eigenvalue weighted by Crippen LogP contribution is -2.64.